The van der Waals surface area contributed by atoms with Crippen molar-refractivity contribution in [2.45, 2.75) is 19.9 Å². The highest BCUT2D eigenvalue weighted by Gasteiger charge is 2.09. The second kappa shape index (κ2) is 10.3. The molecule has 0 spiro atoms. The summed E-state index contributed by atoms with van der Waals surface area (Å²) in [6.07, 6.45) is -1.03. The van der Waals surface area contributed by atoms with Gasteiger partial charge < -0.3 is 20.1 Å². The Labute approximate surface area is 162 Å². The molecule has 2 rings (SSSR count). The standard InChI is InChI=1S/C20H19N3O5/c1-2-27-20(26)28-17-8-6-15(7-9-17)19(25)22-13-14-4-3-5-16(12-14)23-18(24)10-11-21/h3-9,12H,2,10,13H2,1H3,(H,22,25)(H,23,24). The summed E-state index contributed by atoms with van der Waals surface area (Å²) >= 11 is 0. The first kappa shape index (κ1) is 20.5. The Hall–Kier alpha value is -3.86. The van der Waals surface area contributed by atoms with E-state index in [0.29, 0.717) is 11.3 Å². The van der Waals surface area contributed by atoms with Crippen LogP contribution in [0.2, 0.25) is 0 Å². The number of carbonyl (C=O) groups is 3. The summed E-state index contributed by atoms with van der Waals surface area (Å²) in [5.41, 5.74) is 1.73. The fourth-order valence-corrected chi connectivity index (χ4v) is 2.24. The minimum Gasteiger partial charge on any atom is -0.434 e. The lowest BCUT2D eigenvalue weighted by Gasteiger charge is -2.09. The smallest absolute Gasteiger partial charge is 0.434 e. The Morgan fingerprint density at radius 3 is 2.54 bits per heavy atom. The van der Waals surface area contributed by atoms with E-state index in [1.807, 2.05) is 0 Å². The molecule has 0 fully saturated rings. The van der Waals surface area contributed by atoms with Crippen LogP contribution in [0.1, 0.15) is 29.3 Å². The Morgan fingerprint density at radius 2 is 1.86 bits per heavy atom. The Kier molecular flexibility index (Phi) is 7.54. The molecular weight excluding hydrogens is 362 g/mol. The van der Waals surface area contributed by atoms with Crippen molar-refractivity contribution in [3.8, 4) is 11.8 Å². The number of anilines is 1. The molecule has 2 amide bonds. The quantitative estimate of drug-likeness (QED) is 0.562. The maximum absolute atomic E-state index is 12.3. The Bertz CT molecular complexity index is 887. The SMILES string of the molecule is CCOC(=O)Oc1ccc(C(=O)NCc2cccc(NC(=O)CC#N)c2)cc1. The summed E-state index contributed by atoms with van der Waals surface area (Å²) < 4.78 is 9.61. The molecule has 0 aliphatic carbocycles. The van der Waals surface area contributed by atoms with Crippen LogP contribution in [0.15, 0.2) is 48.5 Å². The third-order valence-electron chi connectivity index (χ3n) is 3.48. The van der Waals surface area contributed by atoms with Crippen molar-refractivity contribution in [1.29, 1.82) is 5.26 Å². The second-order valence-electron chi connectivity index (χ2n) is 5.58. The van der Waals surface area contributed by atoms with Crippen LogP contribution in [0.25, 0.3) is 0 Å². The fraction of sp³-hybridized carbons (Fsp3) is 0.200. The number of nitriles is 1. The monoisotopic (exact) mass is 381 g/mol. The third kappa shape index (κ3) is 6.46. The molecule has 0 aromatic heterocycles. The molecule has 0 unspecified atom stereocenters. The van der Waals surface area contributed by atoms with Crippen LogP contribution in [0.4, 0.5) is 10.5 Å². The van der Waals surface area contributed by atoms with Crippen molar-refractivity contribution in [2.24, 2.45) is 0 Å². The van der Waals surface area contributed by atoms with Crippen LogP contribution in [0, 0.1) is 11.3 Å². The molecule has 8 nitrogen and oxygen atoms in total. The maximum atomic E-state index is 12.3. The fourth-order valence-electron chi connectivity index (χ4n) is 2.24. The van der Waals surface area contributed by atoms with Gasteiger partial charge in [0.15, 0.2) is 0 Å². The maximum Gasteiger partial charge on any atom is 0.513 e. The van der Waals surface area contributed by atoms with Gasteiger partial charge in [0.2, 0.25) is 5.91 Å². The van der Waals surface area contributed by atoms with Gasteiger partial charge in [-0.2, -0.15) is 5.26 Å². The molecule has 0 aliphatic rings. The van der Waals surface area contributed by atoms with Crippen molar-refractivity contribution >= 4 is 23.7 Å². The van der Waals surface area contributed by atoms with Gasteiger partial charge in [-0.25, -0.2) is 4.79 Å². The first-order valence-electron chi connectivity index (χ1n) is 8.50. The van der Waals surface area contributed by atoms with E-state index in [-0.39, 0.29) is 31.2 Å². The van der Waals surface area contributed by atoms with Gasteiger partial charge >= 0.3 is 6.16 Å². The van der Waals surface area contributed by atoms with Crippen molar-refractivity contribution in [2.75, 3.05) is 11.9 Å². The third-order valence-corrected chi connectivity index (χ3v) is 3.48. The van der Waals surface area contributed by atoms with E-state index in [1.165, 1.54) is 24.3 Å². The summed E-state index contributed by atoms with van der Waals surface area (Å²) in [5.74, 6) is -0.425. The molecule has 144 valence electrons. The average molecular weight is 381 g/mol. The first-order valence-corrected chi connectivity index (χ1v) is 8.50. The lowest BCUT2D eigenvalue weighted by molar-refractivity contribution is -0.115. The van der Waals surface area contributed by atoms with Crippen molar-refractivity contribution in [3.63, 3.8) is 0 Å². The summed E-state index contributed by atoms with van der Waals surface area (Å²) in [4.78, 5) is 35.0. The summed E-state index contributed by atoms with van der Waals surface area (Å²) in [5, 5.41) is 13.9. The van der Waals surface area contributed by atoms with Crippen LogP contribution in [-0.2, 0) is 16.1 Å². The first-order chi connectivity index (χ1) is 13.5. The normalized spacial score (nSPS) is 9.71. The number of benzene rings is 2. The number of nitrogens with one attached hydrogen (secondary N) is 2. The van der Waals surface area contributed by atoms with E-state index in [2.05, 4.69) is 15.4 Å². The van der Waals surface area contributed by atoms with Crippen LogP contribution in [0.3, 0.4) is 0 Å². The zero-order valence-electron chi connectivity index (χ0n) is 15.2. The van der Waals surface area contributed by atoms with Crippen LogP contribution < -0.4 is 15.4 Å². The van der Waals surface area contributed by atoms with Gasteiger partial charge in [0, 0.05) is 17.8 Å². The highest BCUT2D eigenvalue weighted by atomic mass is 16.7. The zero-order chi connectivity index (χ0) is 20.4. The van der Waals surface area contributed by atoms with Crippen molar-refractivity contribution in [1.82, 2.24) is 5.32 Å². The van der Waals surface area contributed by atoms with E-state index in [1.54, 1.807) is 37.3 Å². The lowest BCUT2D eigenvalue weighted by Crippen LogP contribution is -2.22. The molecule has 8 heteroatoms. The number of nitrogens with zero attached hydrogens (tertiary/aromatic N) is 1. The van der Waals surface area contributed by atoms with Crippen LogP contribution >= 0.6 is 0 Å². The van der Waals surface area contributed by atoms with Gasteiger partial charge in [-0.15, -0.1) is 0 Å². The summed E-state index contributed by atoms with van der Waals surface area (Å²) in [7, 11) is 0. The highest BCUT2D eigenvalue weighted by Crippen LogP contribution is 2.14. The number of ether oxygens (including phenoxy) is 2. The van der Waals surface area contributed by atoms with Gasteiger partial charge in [-0.05, 0) is 48.9 Å². The molecule has 0 heterocycles. The van der Waals surface area contributed by atoms with E-state index in [4.69, 9.17) is 10.00 Å². The van der Waals surface area contributed by atoms with Gasteiger partial charge in [0.05, 0.1) is 12.7 Å². The second-order valence-corrected chi connectivity index (χ2v) is 5.58. The lowest BCUT2D eigenvalue weighted by atomic mass is 10.1. The Balaban J connectivity index is 1.90. The predicted molar refractivity (Wildman–Crippen MR) is 101 cm³/mol. The number of hydrogen-bond donors (Lipinski definition) is 2. The molecule has 28 heavy (non-hydrogen) atoms. The molecule has 0 bridgehead atoms. The molecule has 0 atom stereocenters. The van der Waals surface area contributed by atoms with Gasteiger partial charge in [-0.3, -0.25) is 9.59 Å². The molecular formula is C20H19N3O5. The van der Waals surface area contributed by atoms with E-state index in [0.717, 1.165) is 5.56 Å². The predicted octanol–water partition coefficient (Wildman–Crippen LogP) is 3.00. The minimum atomic E-state index is -0.804. The average Bonchev–Trinajstić information content (AvgIpc) is 2.67. The Morgan fingerprint density at radius 1 is 1.11 bits per heavy atom. The molecule has 0 aliphatic heterocycles. The summed E-state index contributed by atoms with van der Waals surface area (Å²) in [6.45, 7) is 2.13. The van der Waals surface area contributed by atoms with E-state index >= 15 is 0 Å². The van der Waals surface area contributed by atoms with Crippen LogP contribution in [0.5, 0.6) is 5.75 Å². The largest absolute Gasteiger partial charge is 0.513 e. The molecule has 2 aromatic rings. The number of carbonyl (C=O) groups excluding carboxylic acids is 3. The van der Waals surface area contributed by atoms with Crippen molar-refractivity contribution < 1.29 is 23.9 Å². The molecule has 2 N–H and O–H groups in total. The molecule has 0 saturated heterocycles. The topological polar surface area (TPSA) is 118 Å². The number of hydrogen-bond acceptors (Lipinski definition) is 6. The minimum absolute atomic E-state index is 0.211. The number of amides is 2. The van der Waals surface area contributed by atoms with E-state index < -0.39 is 12.1 Å². The van der Waals surface area contributed by atoms with Crippen molar-refractivity contribution in [3.05, 3.63) is 59.7 Å². The van der Waals surface area contributed by atoms with E-state index in [9.17, 15) is 14.4 Å². The van der Waals surface area contributed by atoms with Gasteiger partial charge in [-0.1, -0.05) is 12.1 Å². The van der Waals surface area contributed by atoms with Gasteiger partial charge in [0.25, 0.3) is 5.91 Å². The highest BCUT2D eigenvalue weighted by molar-refractivity contribution is 5.94. The zero-order valence-corrected chi connectivity index (χ0v) is 15.2. The summed E-state index contributed by atoms with van der Waals surface area (Å²) in [6, 6.07) is 14.8. The molecule has 2 aromatic carbocycles. The number of rotatable bonds is 7. The molecule has 0 radical (unpaired) electrons. The van der Waals surface area contributed by atoms with Gasteiger partial charge in [0.1, 0.15) is 12.2 Å². The van der Waals surface area contributed by atoms with Crippen LogP contribution in [-0.4, -0.2) is 24.6 Å². The molecule has 0 saturated carbocycles.